The minimum Gasteiger partial charge on any atom is -0.402 e. The van der Waals surface area contributed by atoms with Gasteiger partial charge in [0.05, 0.1) is 0 Å². The molecule has 0 atom stereocenters. The number of hydrogen-bond donors (Lipinski definition) is 1. The molecule has 68 valence electrons. The third-order valence-electron chi connectivity index (χ3n) is 2.41. The van der Waals surface area contributed by atoms with E-state index in [1.807, 2.05) is 0 Å². The van der Waals surface area contributed by atoms with Gasteiger partial charge in [-0.15, -0.1) is 0 Å². The largest absolute Gasteiger partial charge is 0.402 e. The molecule has 0 aliphatic heterocycles. The number of carbonyl (C=O) groups is 1. The van der Waals surface area contributed by atoms with Gasteiger partial charge in [-0.25, -0.2) is 0 Å². The van der Waals surface area contributed by atoms with Gasteiger partial charge in [-0.3, -0.25) is 4.79 Å². The number of allylic oxidation sites excluding steroid dienone is 2. The molecule has 1 saturated carbocycles. The minimum atomic E-state index is 0.182. The summed E-state index contributed by atoms with van der Waals surface area (Å²) in [6.07, 6.45) is 7.27. The maximum absolute atomic E-state index is 11.1. The Kier molecular flexibility index (Phi) is 3.32. The van der Waals surface area contributed by atoms with Crippen LogP contribution in [0.4, 0.5) is 0 Å². The molecule has 0 bridgehead atoms. The smallest absolute Gasteiger partial charge is 0.157 e. The van der Waals surface area contributed by atoms with Gasteiger partial charge in [0.1, 0.15) is 0 Å². The zero-order valence-corrected chi connectivity index (χ0v) is 7.68. The maximum atomic E-state index is 11.1. The Hall–Kier alpha value is -0.790. The highest BCUT2D eigenvalue weighted by Crippen LogP contribution is 2.30. The lowest BCUT2D eigenvalue weighted by atomic mass is 9.82. The highest BCUT2D eigenvalue weighted by Gasteiger charge is 2.17. The first kappa shape index (κ1) is 9.30. The summed E-state index contributed by atoms with van der Waals surface area (Å²) in [6.45, 7) is 1.75. The molecule has 0 unspecified atom stereocenters. The standard InChI is InChI=1S/C10H17NO/c1-8(11)7-10(12)6-5-9-3-2-4-9/h7,9H,2-6,11H2,1H3/b8-7-. The zero-order chi connectivity index (χ0) is 8.97. The summed E-state index contributed by atoms with van der Waals surface area (Å²) in [7, 11) is 0. The molecule has 1 aliphatic rings. The van der Waals surface area contributed by atoms with E-state index in [4.69, 9.17) is 5.73 Å². The summed E-state index contributed by atoms with van der Waals surface area (Å²) in [5.74, 6) is 1.00. The van der Waals surface area contributed by atoms with Gasteiger partial charge in [-0.05, 0) is 25.3 Å². The second-order valence-electron chi connectivity index (χ2n) is 3.69. The number of rotatable bonds is 4. The van der Waals surface area contributed by atoms with Crippen molar-refractivity contribution in [1.82, 2.24) is 0 Å². The third-order valence-corrected chi connectivity index (χ3v) is 2.41. The molecule has 1 rings (SSSR count). The van der Waals surface area contributed by atoms with Crippen molar-refractivity contribution in [2.75, 3.05) is 0 Å². The van der Waals surface area contributed by atoms with Gasteiger partial charge >= 0.3 is 0 Å². The molecule has 0 spiro atoms. The Labute approximate surface area is 73.8 Å². The van der Waals surface area contributed by atoms with Crippen LogP contribution < -0.4 is 5.73 Å². The van der Waals surface area contributed by atoms with Crippen LogP contribution in [-0.2, 0) is 4.79 Å². The van der Waals surface area contributed by atoms with Crippen LogP contribution in [0.15, 0.2) is 11.8 Å². The average molecular weight is 167 g/mol. The van der Waals surface area contributed by atoms with Crippen LogP contribution in [0, 0.1) is 5.92 Å². The second kappa shape index (κ2) is 4.29. The van der Waals surface area contributed by atoms with Crippen molar-refractivity contribution in [3.8, 4) is 0 Å². The zero-order valence-electron chi connectivity index (χ0n) is 7.68. The Bertz CT molecular complexity index is 188. The highest BCUT2D eigenvalue weighted by molar-refractivity contribution is 5.90. The molecule has 2 heteroatoms. The van der Waals surface area contributed by atoms with Crippen LogP contribution >= 0.6 is 0 Å². The highest BCUT2D eigenvalue weighted by atomic mass is 16.1. The molecule has 0 aromatic carbocycles. The summed E-state index contributed by atoms with van der Waals surface area (Å²) in [4.78, 5) is 11.1. The number of carbonyl (C=O) groups excluding carboxylic acids is 1. The Morgan fingerprint density at radius 1 is 1.58 bits per heavy atom. The number of ketones is 1. The van der Waals surface area contributed by atoms with Crippen molar-refractivity contribution in [1.29, 1.82) is 0 Å². The summed E-state index contributed by atoms with van der Waals surface area (Å²) >= 11 is 0. The van der Waals surface area contributed by atoms with Crippen molar-refractivity contribution in [2.45, 2.75) is 39.0 Å². The van der Waals surface area contributed by atoms with Gasteiger partial charge in [0.2, 0.25) is 0 Å². The van der Waals surface area contributed by atoms with Crippen molar-refractivity contribution in [3.63, 3.8) is 0 Å². The first-order valence-electron chi connectivity index (χ1n) is 4.65. The lowest BCUT2D eigenvalue weighted by molar-refractivity contribution is -0.115. The number of nitrogens with two attached hydrogens (primary N) is 1. The molecule has 0 heterocycles. The molecular formula is C10H17NO. The van der Waals surface area contributed by atoms with Crippen molar-refractivity contribution in [3.05, 3.63) is 11.8 Å². The Balaban J connectivity index is 2.13. The third kappa shape index (κ3) is 3.07. The fourth-order valence-corrected chi connectivity index (χ4v) is 1.45. The average Bonchev–Trinajstić information content (AvgIpc) is 1.81. The molecule has 0 saturated heterocycles. The summed E-state index contributed by atoms with van der Waals surface area (Å²) in [5.41, 5.74) is 6.01. The van der Waals surface area contributed by atoms with Gasteiger partial charge in [0.25, 0.3) is 0 Å². The van der Waals surface area contributed by atoms with E-state index in [0.717, 1.165) is 12.3 Å². The van der Waals surface area contributed by atoms with E-state index in [1.54, 1.807) is 13.0 Å². The van der Waals surface area contributed by atoms with Crippen LogP contribution in [0.2, 0.25) is 0 Å². The van der Waals surface area contributed by atoms with E-state index in [-0.39, 0.29) is 5.78 Å². The Morgan fingerprint density at radius 3 is 2.67 bits per heavy atom. The van der Waals surface area contributed by atoms with Crippen molar-refractivity contribution < 1.29 is 4.79 Å². The van der Waals surface area contributed by atoms with E-state index in [2.05, 4.69) is 0 Å². The summed E-state index contributed by atoms with van der Waals surface area (Å²) < 4.78 is 0. The van der Waals surface area contributed by atoms with Crippen LogP contribution in [-0.4, -0.2) is 5.78 Å². The van der Waals surface area contributed by atoms with Crippen molar-refractivity contribution >= 4 is 5.78 Å². The van der Waals surface area contributed by atoms with E-state index in [1.165, 1.54) is 19.3 Å². The fraction of sp³-hybridized carbons (Fsp3) is 0.700. The van der Waals surface area contributed by atoms with Crippen molar-refractivity contribution in [2.24, 2.45) is 11.7 Å². The van der Waals surface area contributed by atoms with Crippen LogP contribution in [0.3, 0.4) is 0 Å². The van der Waals surface area contributed by atoms with Crippen LogP contribution in [0.25, 0.3) is 0 Å². The molecule has 0 amide bonds. The Morgan fingerprint density at radius 2 is 2.25 bits per heavy atom. The maximum Gasteiger partial charge on any atom is 0.157 e. The summed E-state index contributed by atoms with van der Waals surface area (Å²) in [6, 6.07) is 0. The predicted octanol–water partition coefficient (Wildman–Crippen LogP) is 2.00. The molecule has 2 N–H and O–H groups in total. The van der Waals surface area contributed by atoms with Gasteiger partial charge in [0.15, 0.2) is 5.78 Å². The molecule has 0 aromatic heterocycles. The lowest BCUT2D eigenvalue weighted by Gasteiger charge is -2.24. The minimum absolute atomic E-state index is 0.182. The fourth-order valence-electron chi connectivity index (χ4n) is 1.45. The molecule has 1 fully saturated rings. The van der Waals surface area contributed by atoms with Crippen LogP contribution in [0.1, 0.15) is 39.0 Å². The van der Waals surface area contributed by atoms with E-state index >= 15 is 0 Å². The quantitative estimate of drug-likeness (QED) is 0.651. The molecule has 0 aromatic rings. The van der Waals surface area contributed by atoms with Gasteiger partial charge in [-0.2, -0.15) is 0 Å². The first-order valence-corrected chi connectivity index (χ1v) is 4.65. The monoisotopic (exact) mass is 167 g/mol. The molecule has 2 nitrogen and oxygen atoms in total. The van der Waals surface area contributed by atoms with E-state index in [0.29, 0.717) is 12.1 Å². The lowest BCUT2D eigenvalue weighted by Crippen LogP contribution is -2.12. The normalized spacial score (nSPS) is 18.9. The van der Waals surface area contributed by atoms with E-state index in [9.17, 15) is 4.79 Å². The first-order chi connectivity index (χ1) is 5.68. The molecule has 12 heavy (non-hydrogen) atoms. The van der Waals surface area contributed by atoms with Gasteiger partial charge in [-0.1, -0.05) is 19.3 Å². The molecular weight excluding hydrogens is 150 g/mol. The number of hydrogen-bond acceptors (Lipinski definition) is 2. The molecule has 0 radical (unpaired) electrons. The topological polar surface area (TPSA) is 43.1 Å². The van der Waals surface area contributed by atoms with Gasteiger partial charge in [0, 0.05) is 12.1 Å². The summed E-state index contributed by atoms with van der Waals surface area (Å²) in [5, 5.41) is 0. The van der Waals surface area contributed by atoms with E-state index < -0.39 is 0 Å². The SMILES string of the molecule is C/C(N)=C/C(=O)CCC1CCC1. The second-order valence-corrected chi connectivity index (χ2v) is 3.69. The van der Waals surface area contributed by atoms with Crippen LogP contribution in [0.5, 0.6) is 0 Å². The predicted molar refractivity (Wildman–Crippen MR) is 49.5 cm³/mol. The molecule has 1 aliphatic carbocycles. The van der Waals surface area contributed by atoms with Gasteiger partial charge < -0.3 is 5.73 Å².